The van der Waals surface area contributed by atoms with Crippen molar-refractivity contribution in [2.45, 2.75) is 68.6 Å². The molecule has 152 valence electrons. The van der Waals surface area contributed by atoms with E-state index in [9.17, 15) is 18.0 Å². The average Bonchev–Trinajstić information content (AvgIpc) is 3.33. The Kier molecular flexibility index (Phi) is 4.20. The van der Waals surface area contributed by atoms with Gasteiger partial charge in [-0.2, -0.15) is 13.2 Å². The Bertz CT molecular complexity index is 770. The van der Waals surface area contributed by atoms with Crippen molar-refractivity contribution in [1.82, 2.24) is 25.8 Å². The summed E-state index contributed by atoms with van der Waals surface area (Å²) in [6, 6.07) is 5.72. The Labute approximate surface area is 161 Å². The third-order valence-corrected chi connectivity index (χ3v) is 6.60. The summed E-state index contributed by atoms with van der Waals surface area (Å²) in [5.74, 6) is 0.0427. The van der Waals surface area contributed by atoms with Gasteiger partial charge in [-0.05, 0) is 30.5 Å². The van der Waals surface area contributed by atoms with Crippen molar-refractivity contribution in [3.05, 3.63) is 35.4 Å². The molecule has 0 radical (unpaired) electrons. The molecule has 0 aromatic heterocycles. The number of benzene rings is 1. The number of nitrogens with zero attached hydrogens (tertiary/aromatic N) is 2. The highest BCUT2D eigenvalue weighted by Crippen LogP contribution is 2.37. The molecule has 1 aliphatic carbocycles. The first-order valence-corrected chi connectivity index (χ1v) is 9.81. The maximum atomic E-state index is 12.9. The van der Waals surface area contributed by atoms with E-state index >= 15 is 0 Å². The number of likely N-dealkylation sites (N-methyl/N-ethyl adjacent to an activating group) is 1. The molecule has 1 amide bonds. The van der Waals surface area contributed by atoms with E-state index in [1.165, 1.54) is 18.6 Å². The second-order valence-corrected chi connectivity index (χ2v) is 8.25. The van der Waals surface area contributed by atoms with Crippen LogP contribution in [0.2, 0.25) is 0 Å². The number of carbonyl (C=O) groups excluding carboxylic acids is 1. The molecular weight excluding hydrogens is 371 g/mol. The molecule has 0 spiro atoms. The zero-order chi connectivity index (χ0) is 19.6. The van der Waals surface area contributed by atoms with Gasteiger partial charge in [0.05, 0.1) is 17.9 Å². The molecule has 6 atom stereocenters. The van der Waals surface area contributed by atoms with Gasteiger partial charge in [0, 0.05) is 25.6 Å². The third kappa shape index (κ3) is 2.83. The van der Waals surface area contributed by atoms with Crippen LogP contribution in [0.4, 0.5) is 13.2 Å². The molecule has 5 rings (SSSR count). The van der Waals surface area contributed by atoms with E-state index < -0.39 is 11.7 Å². The van der Waals surface area contributed by atoms with Gasteiger partial charge < -0.3 is 4.90 Å². The van der Waals surface area contributed by atoms with Crippen LogP contribution in [0.15, 0.2) is 24.3 Å². The Morgan fingerprint density at radius 2 is 1.86 bits per heavy atom. The molecule has 6 unspecified atom stereocenters. The lowest BCUT2D eigenvalue weighted by atomic mass is 10.1. The van der Waals surface area contributed by atoms with Crippen LogP contribution < -0.4 is 16.0 Å². The van der Waals surface area contributed by atoms with E-state index in [1.807, 2.05) is 7.05 Å². The number of nitrogens with one attached hydrogen (secondary N) is 3. The van der Waals surface area contributed by atoms with Crippen LogP contribution in [-0.4, -0.2) is 59.5 Å². The normalized spacial score (nSPS) is 37.9. The molecule has 1 aromatic rings. The molecule has 3 saturated heterocycles. The van der Waals surface area contributed by atoms with Crippen molar-refractivity contribution in [3.63, 3.8) is 0 Å². The smallest absolute Gasteiger partial charge is 0.316 e. The fourth-order valence-electron chi connectivity index (χ4n) is 5.27. The minimum atomic E-state index is -4.33. The Balaban J connectivity index is 1.33. The van der Waals surface area contributed by atoms with E-state index in [-0.39, 0.29) is 30.6 Å². The lowest BCUT2D eigenvalue weighted by molar-refractivity contribution is -0.149. The number of alkyl halides is 3. The molecule has 28 heavy (non-hydrogen) atoms. The maximum Gasteiger partial charge on any atom is 0.416 e. The predicted molar refractivity (Wildman–Crippen MR) is 95.7 cm³/mol. The van der Waals surface area contributed by atoms with Crippen molar-refractivity contribution < 1.29 is 18.0 Å². The number of amides is 1. The largest absolute Gasteiger partial charge is 0.416 e. The van der Waals surface area contributed by atoms with E-state index in [2.05, 4.69) is 20.9 Å². The lowest BCUT2D eigenvalue weighted by Gasteiger charge is -2.45. The Morgan fingerprint density at radius 3 is 2.57 bits per heavy atom. The summed E-state index contributed by atoms with van der Waals surface area (Å²) in [5.41, 5.74) is 0.152. The SMILES string of the molecule is CN1C(=O)C2NC(Cc3ccc(C(F)(F)F)cc3)NC2N2C3CCCC3NC12. The number of hydrogen-bond acceptors (Lipinski definition) is 5. The summed E-state index contributed by atoms with van der Waals surface area (Å²) < 4.78 is 38.3. The molecule has 4 fully saturated rings. The molecular formula is C19H24F3N5O. The zero-order valence-corrected chi connectivity index (χ0v) is 15.5. The number of halogens is 3. The quantitative estimate of drug-likeness (QED) is 0.699. The third-order valence-electron chi connectivity index (χ3n) is 6.60. The van der Waals surface area contributed by atoms with E-state index in [0.29, 0.717) is 18.5 Å². The van der Waals surface area contributed by atoms with Gasteiger partial charge in [-0.3, -0.25) is 20.7 Å². The van der Waals surface area contributed by atoms with Gasteiger partial charge in [-0.1, -0.05) is 18.6 Å². The first-order chi connectivity index (χ1) is 13.3. The fraction of sp³-hybridized carbons (Fsp3) is 0.632. The monoisotopic (exact) mass is 395 g/mol. The molecule has 0 bridgehead atoms. The summed E-state index contributed by atoms with van der Waals surface area (Å²) in [7, 11) is 1.83. The van der Waals surface area contributed by atoms with Gasteiger partial charge in [0.25, 0.3) is 0 Å². The van der Waals surface area contributed by atoms with Crippen LogP contribution in [0.1, 0.15) is 30.4 Å². The standard InChI is InChI=1S/C19H24F3N5O/c1-26-17(28)15-16(27-13-4-2-3-12(13)23-18(26)27)25-14(24-15)9-10-5-7-11(8-6-10)19(20,21)22/h5-8,12-16,18,23-25H,2-4,9H2,1H3. The second-order valence-electron chi connectivity index (χ2n) is 8.25. The highest BCUT2D eigenvalue weighted by molar-refractivity contribution is 5.84. The van der Waals surface area contributed by atoms with Crippen molar-refractivity contribution in [3.8, 4) is 0 Å². The number of fused-ring (bicyclic) bond motifs is 5. The Morgan fingerprint density at radius 1 is 1.11 bits per heavy atom. The topological polar surface area (TPSA) is 59.6 Å². The Hall–Kier alpha value is -1.68. The summed E-state index contributed by atoms with van der Waals surface area (Å²) in [5, 5.41) is 10.5. The first-order valence-electron chi connectivity index (χ1n) is 9.81. The molecule has 1 saturated carbocycles. The number of carbonyl (C=O) groups is 1. The van der Waals surface area contributed by atoms with Crippen LogP contribution in [-0.2, 0) is 17.4 Å². The van der Waals surface area contributed by atoms with Crippen molar-refractivity contribution >= 4 is 5.91 Å². The minimum absolute atomic E-state index is 0.0427. The van der Waals surface area contributed by atoms with Crippen molar-refractivity contribution in [1.29, 1.82) is 0 Å². The van der Waals surface area contributed by atoms with Gasteiger partial charge in [-0.25, -0.2) is 4.90 Å². The molecule has 3 heterocycles. The van der Waals surface area contributed by atoms with Crippen LogP contribution >= 0.6 is 0 Å². The summed E-state index contributed by atoms with van der Waals surface area (Å²) in [6.07, 6.45) is -0.751. The fourth-order valence-corrected chi connectivity index (χ4v) is 5.27. The van der Waals surface area contributed by atoms with Gasteiger partial charge in [0.15, 0.2) is 0 Å². The molecule has 1 aromatic carbocycles. The molecule has 4 aliphatic rings. The number of hydrogen-bond donors (Lipinski definition) is 3. The minimum Gasteiger partial charge on any atom is -0.316 e. The second kappa shape index (κ2) is 6.41. The predicted octanol–water partition coefficient (Wildman–Crippen LogP) is 1.04. The molecule has 3 N–H and O–H groups in total. The van der Waals surface area contributed by atoms with Gasteiger partial charge >= 0.3 is 6.18 Å². The molecule has 9 heteroatoms. The average molecular weight is 395 g/mol. The van der Waals surface area contributed by atoms with Crippen molar-refractivity contribution in [2.75, 3.05) is 7.05 Å². The van der Waals surface area contributed by atoms with E-state index in [0.717, 1.165) is 30.5 Å². The van der Waals surface area contributed by atoms with Crippen LogP contribution in [0, 0.1) is 0 Å². The molecule has 6 nitrogen and oxygen atoms in total. The lowest BCUT2D eigenvalue weighted by Crippen LogP contribution is -2.69. The summed E-state index contributed by atoms with van der Waals surface area (Å²) >= 11 is 0. The summed E-state index contributed by atoms with van der Waals surface area (Å²) in [4.78, 5) is 17.0. The first kappa shape index (κ1) is 18.4. The van der Waals surface area contributed by atoms with Gasteiger partial charge in [0.2, 0.25) is 5.91 Å². The maximum absolute atomic E-state index is 12.9. The number of rotatable bonds is 2. The van der Waals surface area contributed by atoms with Crippen LogP contribution in [0.5, 0.6) is 0 Å². The van der Waals surface area contributed by atoms with Crippen LogP contribution in [0.25, 0.3) is 0 Å². The van der Waals surface area contributed by atoms with Gasteiger partial charge in [0.1, 0.15) is 12.3 Å². The van der Waals surface area contributed by atoms with Crippen LogP contribution in [0.3, 0.4) is 0 Å². The van der Waals surface area contributed by atoms with E-state index in [4.69, 9.17) is 0 Å². The van der Waals surface area contributed by atoms with E-state index in [1.54, 1.807) is 4.90 Å². The highest BCUT2D eigenvalue weighted by atomic mass is 19.4. The highest BCUT2D eigenvalue weighted by Gasteiger charge is 2.57. The summed E-state index contributed by atoms with van der Waals surface area (Å²) in [6.45, 7) is 0. The molecule has 3 aliphatic heterocycles. The zero-order valence-electron chi connectivity index (χ0n) is 15.5. The van der Waals surface area contributed by atoms with Gasteiger partial charge in [-0.15, -0.1) is 0 Å². The van der Waals surface area contributed by atoms with Crippen molar-refractivity contribution in [2.24, 2.45) is 0 Å².